The van der Waals surface area contributed by atoms with Crippen molar-refractivity contribution in [2.45, 2.75) is 19.8 Å². The van der Waals surface area contributed by atoms with E-state index in [0.717, 1.165) is 18.4 Å². The second-order valence-corrected chi connectivity index (χ2v) is 4.88. The number of aromatic nitrogens is 2. The van der Waals surface area contributed by atoms with Gasteiger partial charge in [-0.1, -0.05) is 42.6 Å². The summed E-state index contributed by atoms with van der Waals surface area (Å²) in [7, 11) is 0. The Bertz CT molecular complexity index is 545. The maximum Gasteiger partial charge on any atom is 0.0986 e. The molecule has 2 rings (SSSR count). The van der Waals surface area contributed by atoms with E-state index in [1.165, 1.54) is 5.57 Å². The van der Waals surface area contributed by atoms with E-state index in [-0.39, 0.29) is 0 Å². The van der Waals surface area contributed by atoms with Crippen molar-refractivity contribution in [3.05, 3.63) is 52.5 Å². The lowest BCUT2D eigenvalue weighted by molar-refractivity contribution is 0.970. The Morgan fingerprint density at radius 1 is 1.39 bits per heavy atom. The number of allylic oxidation sites excluding steroid dienone is 1. The van der Waals surface area contributed by atoms with Crippen molar-refractivity contribution in [1.29, 1.82) is 0 Å². The first-order valence-corrected chi connectivity index (χ1v) is 6.60. The van der Waals surface area contributed by atoms with Crippen molar-refractivity contribution in [3.63, 3.8) is 0 Å². The standard InChI is InChI=1S/C14H14Cl2N2/c1-2-3-11(9-18-7-6-17-10-18)13-5-4-12(15)8-14(13)16/h4-10H,2-3H2,1H3/b11-9-. The zero-order valence-electron chi connectivity index (χ0n) is 10.1. The SMILES string of the molecule is CCC/C(=C/n1ccnc1)c1ccc(Cl)cc1Cl. The van der Waals surface area contributed by atoms with Crippen LogP contribution in [-0.4, -0.2) is 9.55 Å². The van der Waals surface area contributed by atoms with E-state index in [1.807, 2.05) is 29.1 Å². The van der Waals surface area contributed by atoms with Gasteiger partial charge in [0.1, 0.15) is 0 Å². The minimum atomic E-state index is 0.655. The van der Waals surface area contributed by atoms with E-state index in [4.69, 9.17) is 23.2 Å². The molecular weight excluding hydrogens is 267 g/mol. The van der Waals surface area contributed by atoms with Crippen LogP contribution in [0.5, 0.6) is 0 Å². The van der Waals surface area contributed by atoms with Crippen molar-refractivity contribution in [2.75, 3.05) is 0 Å². The van der Waals surface area contributed by atoms with Gasteiger partial charge in [0.15, 0.2) is 0 Å². The van der Waals surface area contributed by atoms with Gasteiger partial charge in [-0.25, -0.2) is 4.98 Å². The second-order valence-electron chi connectivity index (χ2n) is 4.04. The van der Waals surface area contributed by atoms with Crippen molar-refractivity contribution < 1.29 is 0 Å². The van der Waals surface area contributed by atoms with Crippen LogP contribution in [0.3, 0.4) is 0 Å². The molecule has 0 aliphatic heterocycles. The van der Waals surface area contributed by atoms with Crippen LogP contribution in [0, 0.1) is 0 Å². The largest absolute Gasteiger partial charge is 0.313 e. The molecule has 0 spiro atoms. The molecule has 0 saturated carbocycles. The molecule has 0 amide bonds. The Morgan fingerprint density at radius 2 is 2.22 bits per heavy atom. The van der Waals surface area contributed by atoms with Crippen molar-refractivity contribution >= 4 is 35.0 Å². The summed E-state index contributed by atoms with van der Waals surface area (Å²) in [5, 5.41) is 1.34. The van der Waals surface area contributed by atoms with Gasteiger partial charge in [0, 0.05) is 28.6 Å². The van der Waals surface area contributed by atoms with Gasteiger partial charge < -0.3 is 4.57 Å². The fourth-order valence-corrected chi connectivity index (χ4v) is 2.34. The van der Waals surface area contributed by atoms with Gasteiger partial charge in [-0.2, -0.15) is 0 Å². The van der Waals surface area contributed by atoms with Gasteiger partial charge in [-0.3, -0.25) is 0 Å². The molecule has 1 heterocycles. The lowest BCUT2D eigenvalue weighted by Gasteiger charge is -2.09. The Labute approximate surface area is 117 Å². The topological polar surface area (TPSA) is 17.8 Å². The van der Waals surface area contributed by atoms with Gasteiger partial charge in [0.05, 0.1) is 6.33 Å². The van der Waals surface area contributed by atoms with E-state index < -0.39 is 0 Å². The highest BCUT2D eigenvalue weighted by atomic mass is 35.5. The quantitative estimate of drug-likeness (QED) is 0.772. The Morgan fingerprint density at radius 3 is 2.83 bits per heavy atom. The second kappa shape index (κ2) is 6.07. The maximum atomic E-state index is 6.25. The summed E-state index contributed by atoms with van der Waals surface area (Å²) >= 11 is 12.2. The number of rotatable bonds is 4. The molecule has 0 bridgehead atoms. The van der Waals surface area contributed by atoms with Crippen molar-refractivity contribution in [2.24, 2.45) is 0 Å². The van der Waals surface area contributed by atoms with E-state index in [1.54, 1.807) is 18.6 Å². The van der Waals surface area contributed by atoms with Crippen molar-refractivity contribution in [3.8, 4) is 0 Å². The molecule has 94 valence electrons. The van der Waals surface area contributed by atoms with Crippen LogP contribution in [-0.2, 0) is 0 Å². The summed E-state index contributed by atoms with van der Waals surface area (Å²) in [5.74, 6) is 0. The van der Waals surface area contributed by atoms with Crippen LogP contribution < -0.4 is 0 Å². The Hall–Kier alpha value is -1.25. The minimum Gasteiger partial charge on any atom is -0.313 e. The zero-order valence-corrected chi connectivity index (χ0v) is 11.6. The Kier molecular flexibility index (Phi) is 4.45. The number of hydrogen-bond donors (Lipinski definition) is 0. The fourth-order valence-electron chi connectivity index (χ4n) is 1.81. The highest BCUT2D eigenvalue weighted by Crippen LogP contribution is 2.30. The van der Waals surface area contributed by atoms with Crippen LogP contribution in [0.1, 0.15) is 25.3 Å². The number of hydrogen-bond acceptors (Lipinski definition) is 1. The maximum absolute atomic E-state index is 6.25. The van der Waals surface area contributed by atoms with Crippen LogP contribution in [0.25, 0.3) is 11.8 Å². The highest BCUT2D eigenvalue weighted by molar-refractivity contribution is 6.35. The summed E-state index contributed by atoms with van der Waals surface area (Å²) in [6.45, 7) is 2.14. The lowest BCUT2D eigenvalue weighted by atomic mass is 10.0. The predicted octanol–water partition coefficient (Wildman–Crippen LogP) is 4.99. The Balaban J connectivity index is 2.41. The number of benzene rings is 1. The molecule has 1 aromatic carbocycles. The molecule has 0 atom stereocenters. The summed E-state index contributed by atoms with van der Waals surface area (Å²) in [5.41, 5.74) is 2.20. The molecular formula is C14H14Cl2N2. The first-order valence-electron chi connectivity index (χ1n) is 5.84. The third-order valence-electron chi connectivity index (χ3n) is 2.63. The average molecular weight is 281 g/mol. The average Bonchev–Trinajstić information content (AvgIpc) is 2.81. The van der Waals surface area contributed by atoms with E-state index in [2.05, 4.69) is 11.9 Å². The molecule has 4 heteroatoms. The van der Waals surface area contributed by atoms with Gasteiger partial charge in [-0.05, 0) is 29.7 Å². The molecule has 0 radical (unpaired) electrons. The number of halogens is 2. The van der Waals surface area contributed by atoms with Crippen LogP contribution >= 0.6 is 23.2 Å². The van der Waals surface area contributed by atoms with Crippen LogP contribution in [0.15, 0.2) is 36.9 Å². The number of imidazole rings is 1. The van der Waals surface area contributed by atoms with Gasteiger partial charge in [0.2, 0.25) is 0 Å². The first-order chi connectivity index (χ1) is 8.70. The molecule has 0 fully saturated rings. The molecule has 2 aromatic rings. The molecule has 0 unspecified atom stereocenters. The minimum absolute atomic E-state index is 0.655. The summed E-state index contributed by atoms with van der Waals surface area (Å²) in [6, 6.07) is 5.60. The summed E-state index contributed by atoms with van der Waals surface area (Å²) < 4.78 is 1.93. The van der Waals surface area contributed by atoms with Crippen molar-refractivity contribution in [1.82, 2.24) is 9.55 Å². The third kappa shape index (κ3) is 3.15. The van der Waals surface area contributed by atoms with Gasteiger partial charge in [0.25, 0.3) is 0 Å². The molecule has 1 aromatic heterocycles. The smallest absolute Gasteiger partial charge is 0.0986 e. The van der Waals surface area contributed by atoms with E-state index >= 15 is 0 Å². The molecule has 0 saturated heterocycles. The molecule has 2 nitrogen and oxygen atoms in total. The molecule has 0 N–H and O–H groups in total. The van der Waals surface area contributed by atoms with Crippen LogP contribution in [0.4, 0.5) is 0 Å². The summed E-state index contributed by atoms with van der Waals surface area (Å²) in [6.07, 6.45) is 9.48. The number of nitrogens with zero attached hydrogens (tertiary/aromatic N) is 2. The molecule has 0 aliphatic rings. The first kappa shape index (κ1) is 13.2. The molecule has 18 heavy (non-hydrogen) atoms. The highest BCUT2D eigenvalue weighted by Gasteiger charge is 2.07. The van der Waals surface area contributed by atoms with E-state index in [0.29, 0.717) is 10.0 Å². The normalized spacial score (nSPS) is 11.8. The molecule has 0 aliphatic carbocycles. The summed E-state index contributed by atoms with van der Waals surface area (Å²) in [4.78, 5) is 4.03. The predicted molar refractivity (Wildman–Crippen MR) is 77.8 cm³/mol. The lowest BCUT2D eigenvalue weighted by Crippen LogP contribution is -1.90. The van der Waals surface area contributed by atoms with Gasteiger partial charge >= 0.3 is 0 Å². The third-order valence-corrected chi connectivity index (χ3v) is 3.17. The van der Waals surface area contributed by atoms with E-state index in [9.17, 15) is 0 Å². The zero-order chi connectivity index (χ0) is 13.0. The monoisotopic (exact) mass is 280 g/mol. The fraction of sp³-hybridized carbons (Fsp3) is 0.214. The van der Waals surface area contributed by atoms with Gasteiger partial charge in [-0.15, -0.1) is 0 Å². The van der Waals surface area contributed by atoms with Crippen LogP contribution in [0.2, 0.25) is 10.0 Å².